The first kappa shape index (κ1) is 9.21. The van der Waals surface area contributed by atoms with Crippen molar-refractivity contribution < 1.29 is 5.48 Å². The Morgan fingerprint density at radius 1 is 1.15 bits per heavy atom. The maximum Gasteiger partial charge on any atom is 0.155 e. The van der Waals surface area contributed by atoms with Crippen LogP contribution in [-0.2, 0) is 0 Å². The van der Waals surface area contributed by atoms with Gasteiger partial charge in [0.15, 0.2) is 5.82 Å². The molecular weight excluding hydrogens is 168 g/mol. The zero-order valence-corrected chi connectivity index (χ0v) is 6.86. The summed E-state index contributed by atoms with van der Waals surface area (Å²) in [4.78, 5) is 4.01. The van der Waals surface area contributed by atoms with Crippen LogP contribution in [0.4, 0.5) is 5.69 Å². The molecule has 5 nitrogen and oxygen atoms in total. The number of hydrogen-bond acceptors (Lipinski definition) is 3. The van der Waals surface area contributed by atoms with Gasteiger partial charge in [-0.05, 0) is 24.3 Å². The largest absolute Gasteiger partial charge is 0.412 e. The molecule has 2 aromatic rings. The van der Waals surface area contributed by atoms with Crippen molar-refractivity contribution in [2.24, 2.45) is 0 Å². The molecule has 0 saturated carbocycles. The second kappa shape index (κ2) is 3.68. The maximum absolute atomic E-state index is 5.53. The van der Waals surface area contributed by atoms with Gasteiger partial charge in [-0.3, -0.25) is 5.10 Å². The summed E-state index contributed by atoms with van der Waals surface area (Å²) in [5, 5.41) is 6.52. The molecule has 1 aromatic carbocycles. The molecule has 1 heterocycles. The summed E-state index contributed by atoms with van der Waals surface area (Å²) in [6.07, 6.45) is 1.48. The lowest BCUT2D eigenvalue weighted by atomic mass is 10.2. The van der Waals surface area contributed by atoms with Crippen molar-refractivity contribution in [1.29, 1.82) is 0 Å². The molecule has 0 aliphatic carbocycles. The lowest BCUT2D eigenvalue weighted by molar-refractivity contribution is 0.824. The Labute approximate surface area is 74.9 Å². The molecule has 2 rings (SSSR count). The third kappa shape index (κ3) is 1.83. The molecule has 0 radical (unpaired) electrons. The van der Waals surface area contributed by atoms with Crippen molar-refractivity contribution in [2.45, 2.75) is 0 Å². The van der Waals surface area contributed by atoms with E-state index in [1.54, 1.807) is 0 Å². The van der Waals surface area contributed by atoms with Gasteiger partial charge in [0.25, 0.3) is 0 Å². The third-order valence-electron chi connectivity index (χ3n) is 1.60. The number of aromatic nitrogens is 3. The number of H-pyrrole nitrogens is 1. The van der Waals surface area contributed by atoms with Crippen molar-refractivity contribution in [2.75, 3.05) is 5.73 Å². The summed E-state index contributed by atoms with van der Waals surface area (Å²) in [7, 11) is 0. The van der Waals surface area contributed by atoms with Crippen LogP contribution in [0.5, 0.6) is 0 Å². The normalized spacial score (nSPS) is 9.23. The summed E-state index contributed by atoms with van der Waals surface area (Å²) in [6.45, 7) is 0. The highest BCUT2D eigenvalue weighted by Crippen LogP contribution is 2.14. The Bertz CT molecular complexity index is 354. The Kier molecular flexibility index (Phi) is 2.61. The molecule has 0 aliphatic heterocycles. The van der Waals surface area contributed by atoms with Crippen molar-refractivity contribution in [3.63, 3.8) is 0 Å². The van der Waals surface area contributed by atoms with E-state index >= 15 is 0 Å². The van der Waals surface area contributed by atoms with Gasteiger partial charge in [-0.25, -0.2) is 4.98 Å². The first-order valence-corrected chi connectivity index (χ1v) is 3.57. The van der Waals surface area contributed by atoms with Crippen LogP contribution in [0.2, 0.25) is 0 Å². The summed E-state index contributed by atoms with van der Waals surface area (Å²) in [5.74, 6) is 0.759. The number of nitrogens with zero attached hydrogens (tertiary/aromatic N) is 2. The predicted octanol–water partition coefficient (Wildman–Crippen LogP) is 0.229. The standard InChI is InChI=1S/C8H8N4.H2O/c9-7-3-1-6(2-4-7)8-10-5-11-12-8;/h1-5H,9H2,(H,10,11,12);1H2. The summed E-state index contributed by atoms with van der Waals surface area (Å²) in [6, 6.07) is 7.46. The molecule has 0 aliphatic rings. The minimum Gasteiger partial charge on any atom is -0.412 e. The van der Waals surface area contributed by atoms with Crippen LogP contribution in [0, 0.1) is 0 Å². The van der Waals surface area contributed by atoms with Gasteiger partial charge >= 0.3 is 0 Å². The zero-order valence-electron chi connectivity index (χ0n) is 6.86. The molecule has 5 N–H and O–H groups in total. The molecule has 1 aromatic heterocycles. The molecular formula is C8H10N4O. The van der Waals surface area contributed by atoms with E-state index in [-0.39, 0.29) is 5.48 Å². The van der Waals surface area contributed by atoms with Crippen molar-refractivity contribution >= 4 is 5.69 Å². The minimum atomic E-state index is 0. The molecule has 5 heteroatoms. The molecule has 13 heavy (non-hydrogen) atoms. The van der Waals surface area contributed by atoms with E-state index in [2.05, 4.69) is 15.2 Å². The van der Waals surface area contributed by atoms with Gasteiger partial charge in [0.1, 0.15) is 6.33 Å². The number of aromatic amines is 1. The fraction of sp³-hybridized carbons (Fsp3) is 0. The lowest BCUT2D eigenvalue weighted by Gasteiger charge is -1.95. The van der Waals surface area contributed by atoms with Gasteiger partial charge in [0, 0.05) is 11.3 Å². The van der Waals surface area contributed by atoms with Crippen molar-refractivity contribution in [1.82, 2.24) is 15.2 Å². The highest BCUT2D eigenvalue weighted by atomic mass is 16.0. The quantitative estimate of drug-likeness (QED) is 0.611. The number of anilines is 1. The molecule has 0 atom stereocenters. The van der Waals surface area contributed by atoms with Gasteiger partial charge in [-0.2, -0.15) is 5.10 Å². The Morgan fingerprint density at radius 3 is 2.38 bits per heavy atom. The van der Waals surface area contributed by atoms with E-state index in [0.29, 0.717) is 0 Å². The van der Waals surface area contributed by atoms with Gasteiger partial charge in [-0.1, -0.05) is 0 Å². The van der Waals surface area contributed by atoms with Crippen LogP contribution < -0.4 is 5.73 Å². The highest BCUT2D eigenvalue weighted by Gasteiger charge is 1.97. The highest BCUT2D eigenvalue weighted by molar-refractivity contribution is 5.57. The van der Waals surface area contributed by atoms with E-state index in [4.69, 9.17) is 5.73 Å². The molecule has 0 saturated heterocycles. The second-order valence-corrected chi connectivity index (χ2v) is 2.46. The number of hydrogen-bond donors (Lipinski definition) is 2. The Morgan fingerprint density at radius 2 is 1.85 bits per heavy atom. The summed E-state index contributed by atoms with van der Waals surface area (Å²) in [5.41, 5.74) is 7.27. The van der Waals surface area contributed by atoms with Crippen LogP contribution in [0.3, 0.4) is 0 Å². The van der Waals surface area contributed by atoms with Gasteiger partial charge < -0.3 is 11.2 Å². The second-order valence-electron chi connectivity index (χ2n) is 2.46. The predicted molar refractivity (Wildman–Crippen MR) is 49.8 cm³/mol. The molecule has 0 unspecified atom stereocenters. The summed E-state index contributed by atoms with van der Waals surface area (Å²) >= 11 is 0. The maximum atomic E-state index is 5.53. The Balaban J connectivity index is 0.000000845. The SMILES string of the molecule is Nc1ccc(-c2ncn[nH]2)cc1.O. The average molecular weight is 178 g/mol. The van der Waals surface area contributed by atoms with Crippen molar-refractivity contribution in [3.05, 3.63) is 30.6 Å². The first-order chi connectivity index (χ1) is 5.86. The average Bonchev–Trinajstić information content (AvgIpc) is 2.58. The summed E-state index contributed by atoms with van der Waals surface area (Å²) < 4.78 is 0. The Hall–Kier alpha value is -1.88. The van der Waals surface area contributed by atoms with Crippen LogP contribution in [0.15, 0.2) is 30.6 Å². The first-order valence-electron chi connectivity index (χ1n) is 3.57. The smallest absolute Gasteiger partial charge is 0.155 e. The fourth-order valence-corrected chi connectivity index (χ4v) is 0.986. The van der Waals surface area contributed by atoms with Crippen LogP contribution in [-0.4, -0.2) is 20.7 Å². The van der Waals surface area contributed by atoms with E-state index in [9.17, 15) is 0 Å². The number of nitrogens with one attached hydrogen (secondary N) is 1. The fourth-order valence-electron chi connectivity index (χ4n) is 0.986. The minimum absolute atomic E-state index is 0. The van der Waals surface area contributed by atoms with Gasteiger partial charge in [-0.15, -0.1) is 0 Å². The molecule has 0 fully saturated rings. The van der Waals surface area contributed by atoms with Gasteiger partial charge in [0.2, 0.25) is 0 Å². The zero-order chi connectivity index (χ0) is 8.39. The van der Waals surface area contributed by atoms with Crippen LogP contribution >= 0.6 is 0 Å². The number of benzene rings is 1. The number of nitrogens with two attached hydrogens (primary N) is 1. The van der Waals surface area contributed by atoms with E-state index in [1.807, 2.05) is 24.3 Å². The number of nitrogen functional groups attached to an aromatic ring is 1. The van der Waals surface area contributed by atoms with E-state index < -0.39 is 0 Å². The third-order valence-corrected chi connectivity index (χ3v) is 1.60. The van der Waals surface area contributed by atoms with Crippen LogP contribution in [0.1, 0.15) is 0 Å². The molecule has 0 amide bonds. The topological polar surface area (TPSA) is 99.1 Å². The molecule has 68 valence electrons. The van der Waals surface area contributed by atoms with Gasteiger partial charge in [0.05, 0.1) is 0 Å². The van der Waals surface area contributed by atoms with Crippen molar-refractivity contribution in [3.8, 4) is 11.4 Å². The molecule has 0 spiro atoms. The molecule has 0 bridgehead atoms. The monoisotopic (exact) mass is 178 g/mol. The van der Waals surface area contributed by atoms with E-state index in [0.717, 1.165) is 17.1 Å². The number of rotatable bonds is 1. The van der Waals surface area contributed by atoms with Crippen LogP contribution in [0.25, 0.3) is 11.4 Å². The van der Waals surface area contributed by atoms with E-state index in [1.165, 1.54) is 6.33 Å². The lowest BCUT2D eigenvalue weighted by Crippen LogP contribution is -1.84.